The molecule has 1 unspecified atom stereocenters. The first-order valence-corrected chi connectivity index (χ1v) is 9.01. The van der Waals surface area contributed by atoms with Gasteiger partial charge in [0.25, 0.3) is 0 Å². The number of hydrogen-bond donors (Lipinski definition) is 1. The number of aliphatic carboxylic acids is 1. The van der Waals surface area contributed by atoms with Crippen molar-refractivity contribution in [2.75, 3.05) is 0 Å². The smallest absolute Gasteiger partial charge is 0.306 e. The highest BCUT2D eigenvalue weighted by atomic mass is 16.4. The minimum absolute atomic E-state index is 0.193. The highest BCUT2D eigenvalue weighted by Crippen LogP contribution is 2.15. The topological polar surface area (TPSA) is 37.3 Å². The molecule has 22 heavy (non-hydrogen) atoms. The van der Waals surface area contributed by atoms with Gasteiger partial charge in [0.15, 0.2) is 0 Å². The van der Waals surface area contributed by atoms with Gasteiger partial charge in [-0.2, -0.15) is 0 Å². The average Bonchev–Trinajstić information content (AvgIpc) is 2.52. The molecule has 1 N–H and O–H groups in total. The van der Waals surface area contributed by atoms with Crippen LogP contribution in [0.4, 0.5) is 0 Å². The zero-order valence-electron chi connectivity index (χ0n) is 16.5. The van der Waals surface area contributed by atoms with Crippen molar-refractivity contribution in [2.45, 2.75) is 90.8 Å². The molecule has 0 aromatic heterocycles. The summed E-state index contributed by atoms with van der Waals surface area (Å²) in [6, 6.07) is 0. The molecule has 0 bridgehead atoms. The molecule has 0 radical (unpaired) electrons. The number of rotatable bonds is 15. The van der Waals surface area contributed by atoms with Gasteiger partial charge in [-0.25, -0.2) is 0 Å². The molecule has 0 rings (SSSR count). The van der Waals surface area contributed by atoms with Crippen LogP contribution in [0, 0.1) is 5.92 Å². The number of carboxylic acids is 1. The van der Waals surface area contributed by atoms with Gasteiger partial charge >= 0.3 is 5.97 Å². The summed E-state index contributed by atoms with van der Waals surface area (Å²) >= 11 is 0. The molecule has 128 valence electrons. The van der Waals surface area contributed by atoms with Gasteiger partial charge in [-0.1, -0.05) is 70.3 Å². The highest BCUT2D eigenvalue weighted by Gasteiger charge is 2.13. The van der Waals surface area contributed by atoms with Crippen molar-refractivity contribution >= 4 is 5.97 Å². The molecule has 0 heterocycles. The van der Waals surface area contributed by atoms with E-state index in [-0.39, 0.29) is 5.92 Å². The van der Waals surface area contributed by atoms with Crippen LogP contribution >= 0.6 is 0 Å². The molecule has 0 amide bonds. The van der Waals surface area contributed by atoms with E-state index in [9.17, 15) is 4.79 Å². The van der Waals surface area contributed by atoms with E-state index in [1.807, 2.05) is 19.1 Å². The summed E-state index contributed by atoms with van der Waals surface area (Å²) in [5.74, 6) is -0.869. The van der Waals surface area contributed by atoms with E-state index in [2.05, 4.69) is 6.92 Å². The van der Waals surface area contributed by atoms with Crippen LogP contribution in [-0.4, -0.2) is 11.1 Å². The molecule has 0 aliphatic carbocycles. The Hall–Kier alpha value is -1.05. The molecule has 0 aromatic carbocycles. The summed E-state index contributed by atoms with van der Waals surface area (Å²) in [7, 11) is 0. The minimum Gasteiger partial charge on any atom is -0.481 e. The van der Waals surface area contributed by atoms with Crippen molar-refractivity contribution in [3.8, 4) is 0 Å². The zero-order valence-corrected chi connectivity index (χ0v) is 14.5. The summed E-state index contributed by atoms with van der Waals surface area (Å²) < 4.78 is 15.8. The molecule has 0 saturated carbocycles. The van der Waals surface area contributed by atoms with Gasteiger partial charge < -0.3 is 5.11 Å². The van der Waals surface area contributed by atoms with Gasteiger partial charge in [-0.15, -0.1) is 0 Å². The summed E-state index contributed by atoms with van der Waals surface area (Å²) in [6.45, 7) is 4.09. The van der Waals surface area contributed by atoms with Crippen molar-refractivity contribution in [3.05, 3.63) is 24.3 Å². The maximum atomic E-state index is 10.9. The van der Waals surface area contributed by atoms with Gasteiger partial charge in [0, 0.05) is 2.74 Å². The Bertz CT molecular complexity index is 376. The number of carbonyl (C=O) groups is 1. The second-order valence-corrected chi connectivity index (χ2v) is 5.90. The fourth-order valence-corrected chi connectivity index (χ4v) is 2.38. The van der Waals surface area contributed by atoms with Crippen LogP contribution in [0.5, 0.6) is 0 Å². The van der Waals surface area contributed by atoms with Crippen LogP contribution in [0.1, 0.15) is 93.6 Å². The fourth-order valence-electron chi connectivity index (χ4n) is 2.38. The number of unbranched alkanes of at least 4 members (excludes halogenated alkanes) is 7. The lowest BCUT2D eigenvalue weighted by molar-refractivity contribution is -0.142. The quantitative estimate of drug-likeness (QED) is 0.276. The van der Waals surface area contributed by atoms with Crippen molar-refractivity contribution in [2.24, 2.45) is 5.92 Å². The van der Waals surface area contributed by atoms with Crippen LogP contribution < -0.4 is 0 Å². The van der Waals surface area contributed by atoms with Crippen molar-refractivity contribution in [1.29, 1.82) is 0 Å². The molecular weight excluding hydrogens is 272 g/mol. The minimum atomic E-state index is -1.35. The van der Waals surface area contributed by atoms with Crippen LogP contribution in [0.25, 0.3) is 0 Å². The highest BCUT2D eigenvalue weighted by molar-refractivity contribution is 5.69. The summed E-state index contributed by atoms with van der Waals surface area (Å²) in [4.78, 5) is 10.9. The van der Waals surface area contributed by atoms with Crippen LogP contribution in [0.15, 0.2) is 24.3 Å². The standard InChI is InChI=1S/C20H36O2/c1-3-5-6-7-8-9-10-11-12-13-14-15-16-17-18-19(4-2)20(21)22/h8-9,11-12,19H,3-7,10,13-18H2,1-2H3,(H,21,22)/b9-8-,12-11-/i10D2. The number of hydrogen-bond acceptors (Lipinski definition) is 1. The third kappa shape index (κ3) is 13.9. The maximum Gasteiger partial charge on any atom is 0.306 e. The van der Waals surface area contributed by atoms with Gasteiger partial charge in [0.2, 0.25) is 0 Å². The first kappa shape index (κ1) is 17.3. The SMILES string of the molecule is [2H]C([2H])(/C=C\CCCCC)/C=C\CCCCCCC(CC)C(=O)O. The molecule has 0 fully saturated rings. The van der Waals surface area contributed by atoms with Crippen LogP contribution in [-0.2, 0) is 4.79 Å². The van der Waals surface area contributed by atoms with Gasteiger partial charge in [0.05, 0.1) is 5.92 Å². The summed E-state index contributed by atoms with van der Waals surface area (Å²) in [5.41, 5.74) is 0. The Morgan fingerprint density at radius 3 is 2.09 bits per heavy atom. The predicted octanol–water partition coefficient (Wildman–Crippen LogP) is 6.52. The molecular formula is C20H36O2. The van der Waals surface area contributed by atoms with Crippen molar-refractivity contribution < 1.29 is 12.6 Å². The van der Waals surface area contributed by atoms with Crippen LogP contribution in [0.3, 0.4) is 0 Å². The Balaban J connectivity index is 3.74. The second-order valence-electron chi connectivity index (χ2n) is 5.90. The zero-order chi connectivity index (χ0) is 18.3. The lowest BCUT2D eigenvalue weighted by Gasteiger charge is -2.08. The third-order valence-electron chi connectivity index (χ3n) is 3.92. The maximum absolute atomic E-state index is 10.9. The van der Waals surface area contributed by atoms with E-state index < -0.39 is 12.3 Å². The predicted molar refractivity (Wildman–Crippen MR) is 96.2 cm³/mol. The molecule has 0 aromatic rings. The molecule has 0 spiro atoms. The van der Waals surface area contributed by atoms with Gasteiger partial charge in [-0.3, -0.25) is 4.79 Å². The van der Waals surface area contributed by atoms with Crippen molar-refractivity contribution in [3.63, 3.8) is 0 Å². The van der Waals surface area contributed by atoms with Gasteiger partial charge in [0.1, 0.15) is 0 Å². The monoisotopic (exact) mass is 310 g/mol. The number of allylic oxidation sites excluding steroid dienone is 4. The Kier molecular flexibility index (Phi) is 12.8. The van der Waals surface area contributed by atoms with Crippen molar-refractivity contribution in [1.82, 2.24) is 0 Å². The first-order valence-electron chi connectivity index (χ1n) is 10.0. The molecule has 0 aliphatic rings. The van der Waals surface area contributed by atoms with E-state index in [0.717, 1.165) is 51.4 Å². The van der Waals surface area contributed by atoms with E-state index >= 15 is 0 Å². The summed E-state index contributed by atoms with van der Waals surface area (Å²) in [6.07, 6.45) is 16.8. The molecule has 0 saturated heterocycles. The third-order valence-corrected chi connectivity index (χ3v) is 3.92. The Morgan fingerprint density at radius 2 is 1.55 bits per heavy atom. The Morgan fingerprint density at radius 1 is 0.955 bits per heavy atom. The molecule has 0 aliphatic heterocycles. The lowest BCUT2D eigenvalue weighted by atomic mass is 9.98. The fraction of sp³-hybridized carbons (Fsp3) is 0.750. The average molecular weight is 311 g/mol. The van der Waals surface area contributed by atoms with E-state index in [1.54, 1.807) is 12.2 Å². The van der Waals surface area contributed by atoms with E-state index in [1.165, 1.54) is 12.8 Å². The van der Waals surface area contributed by atoms with Crippen LogP contribution in [0.2, 0.25) is 0 Å². The first-order chi connectivity index (χ1) is 11.4. The lowest BCUT2D eigenvalue weighted by Crippen LogP contribution is -2.12. The van der Waals surface area contributed by atoms with E-state index in [0.29, 0.717) is 6.42 Å². The second kappa shape index (κ2) is 16.3. The normalized spacial score (nSPS) is 15.2. The van der Waals surface area contributed by atoms with Gasteiger partial charge in [-0.05, 0) is 44.9 Å². The van der Waals surface area contributed by atoms with E-state index in [4.69, 9.17) is 7.85 Å². The molecule has 2 heteroatoms. The number of carboxylic acid groups (broad SMARTS) is 1. The largest absolute Gasteiger partial charge is 0.481 e. The Labute approximate surface area is 140 Å². The summed E-state index contributed by atoms with van der Waals surface area (Å²) in [5, 5.41) is 8.98. The molecule has 1 atom stereocenters. The molecule has 2 nitrogen and oxygen atoms in total.